The number of carbonyl (C=O) groups excluding carboxylic acids is 4. The van der Waals surface area contributed by atoms with Crippen molar-refractivity contribution in [3.05, 3.63) is 48.6 Å². The molecule has 3 N–H and O–H groups in total. The van der Waals surface area contributed by atoms with Crippen LogP contribution >= 0.6 is 15.6 Å². The molecule has 0 aliphatic carbocycles. The normalized spacial score (nSPS) is 14.4. The van der Waals surface area contributed by atoms with Crippen LogP contribution < -0.4 is 0 Å². The zero-order chi connectivity index (χ0) is 67.7. The number of phosphoric acid groups is 2. The molecule has 0 fully saturated rings. The van der Waals surface area contributed by atoms with Gasteiger partial charge in [-0.15, -0.1) is 0 Å². The Morgan fingerprint density at radius 2 is 0.587 bits per heavy atom. The standard InChI is InChI=1S/C73H134O17P2/c1-6-9-12-15-17-19-21-23-25-30-34-38-42-47-52-57-71(76)84-63-69(90-73(78)59-54-49-44-40-36-32-28-27-29-33-37-41-46-50-55-66(4)5)65-88-92(81,82)86-61-67(74)60-85-91(79,80)87-64-68(62-83-70(75)56-51-45-14-11-8-3)89-72(77)58-53-48-43-39-35-31-26-24-22-20-18-16-13-10-7-2/h19-26,66-69,74H,6-18,27-65H2,1-5H3,(H,79,80)(H,81,82)/b21-19-,22-20-,25-23-,26-24-/t67-,68+,69+/m0/s1. The van der Waals surface area contributed by atoms with Crippen LogP contribution in [0.3, 0.4) is 0 Å². The highest BCUT2D eigenvalue weighted by atomic mass is 31.2. The van der Waals surface area contributed by atoms with Gasteiger partial charge in [0.05, 0.1) is 26.4 Å². The first-order valence-electron chi connectivity index (χ1n) is 36.8. The van der Waals surface area contributed by atoms with E-state index in [0.29, 0.717) is 25.7 Å². The average Bonchev–Trinajstić information content (AvgIpc) is 3.28. The van der Waals surface area contributed by atoms with Crippen LogP contribution in [0.4, 0.5) is 0 Å². The maximum absolute atomic E-state index is 13.0. The van der Waals surface area contributed by atoms with Crippen LogP contribution in [0.2, 0.25) is 0 Å². The molecule has 19 heteroatoms. The quantitative estimate of drug-likeness (QED) is 0.0169. The maximum atomic E-state index is 13.0. The lowest BCUT2D eigenvalue weighted by Gasteiger charge is -2.21. The molecular formula is C73H134O17P2. The molecule has 0 saturated carbocycles. The van der Waals surface area contributed by atoms with E-state index < -0.39 is 97.5 Å². The van der Waals surface area contributed by atoms with E-state index in [4.69, 9.17) is 37.0 Å². The molecular weight excluding hydrogens is 1210 g/mol. The van der Waals surface area contributed by atoms with Gasteiger partial charge >= 0.3 is 39.5 Å². The van der Waals surface area contributed by atoms with E-state index in [2.05, 4.69) is 83.2 Å². The van der Waals surface area contributed by atoms with E-state index in [1.54, 1.807) is 0 Å². The number of aliphatic hydroxyl groups is 1. The molecule has 2 unspecified atom stereocenters. The summed E-state index contributed by atoms with van der Waals surface area (Å²) in [6.07, 6.45) is 58.9. The highest BCUT2D eigenvalue weighted by Gasteiger charge is 2.30. The SMILES string of the molecule is CCCCCC/C=C\C=C/CCCCCCCC(=O)OC[C@H](COP(=O)(O)OC[C@@H](O)COP(=O)(O)OC[C@@H](COC(=O)CCCCCCC)OC(=O)CCCCCCC/C=C\C=C/CCCCCC)OC(=O)CCCCCCCCCCCCCCCCC(C)C. The summed E-state index contributed by atoms with van der Waals surface area (Å²) in [5, 5.41) is 10.6. The largest absolute Gasteiger partial charge is 0.472 e. The van der Waals surface area contributed by atoms with Gasteiger partial charge in [0.15, 0.2) is 12.2 Å². The maximum Gasteiger partial charge on any atom is 0.472 e. The first-order valence-corrected chi connectivity index (χ1v) is 39.8. The minimum atomic E-state index is -4.96. The lowest BCUT2D eigenvalue weighted by molar-refractivity contribution is -0.161. The Morgan fingerprint density at radius 1 is 0.337 bits per heavy atom. The smallest absolute Gasteiger partial charge is 0.462 e. The lowest BCUT2D eigenvalue weighted by atomic mass is 10.0. The minimum Gasteiger partial charge on any atom is -0.462 e. The van der Waals surface area contributed by atoms with Crippen molar-refractivity contribution in [1.29, 1.82) is 0 Å². The summed E-state index contributed by atoms with van der Waals surface area (Å²) in [5.41, 5.74) is 0. The molecule has 538 valence electrons. The van der Waals surface area contributed by atoms with Gasteiger partial charge in [-0.2, -0.15) is 0 Å². The molecule has 0 amide bonds. The monoisotopic (exact) mass is 1340 g/mol. The van der Waals surface area contributed by atoms with Crippen molar-refractivity contribution in [3.8, 4) is 0 Å². The first-order chi connectivity index (χ1) is 44.5. The minimum absolute atomic E-state index is 0.0818. The second kappa shape index (κ2) is 65.3. The third-order valence-corrected chi connectivity index (χ3v) is 17.7. The van der Waals surface area contributed by atoms with Crippen molar-refractivity contribution >= 4 is 39.5 Å². The number of phosphoric ester groups is 2. The van der Waals surface area contributed by atoms with Gasteiger partial charge < -0.3 is 33.8 Å². The van der Waals surface area contributed by atoms with Crippen LogP contribution in [0.1, 0.15) is 330 Å². The number of hydrogen-bond acceptors (Lipinski definition) is 15. The summed E-state index contributed by atoms with van der Waals surface area (Å²) >= 11 is 0. The van der Waals surface area contributed by atoms with Crippen LogP contribution in [0.15, 0.2) is 48.6 Å². The summed E-state index contributed by atoms with van der Waals surface area (Å²) < 4.78 is 68.1. The molecule has 0 bridgehead atoms. The number of carbonyl (C=O) groups is 4. The second-order valence-corrected chi connectivity index (χ2v) is 28.3. The third kappa shape index (κ3) is 65.7. The molecule has 5 atom stereocenters. The summed E-state index contributed by atoms with van der Waals surface area (Å²) in [6, 6.07) is 0. The summed E-state index contributed by atoms with van der Waals surface area (Å²) in [5.74, 6) is -1.40. The van der Waals surface area contributed by atoms with Gasteiger partial charge in [0.2, 0.25) is 0 Å². The summed E-state index contributed by atoms with van der Waals surface area (Å²) in [4.78, 5) is 72.3. The van der Waals surface area contributed by atoms with Crippen molar-refractivity contribution in [1.82, 2.24) is 0 Å². The van der Waals surface area contributed by atoms with Gasteiger partial charge in [-0.1, -0.05) is 276 Å². The van der Waals surface area contributed by atoms with Gasteiger partial charge in [-0.3, -0.25) is 37.3 Å². The van der Waals surface area contributed by atoms with Crippen molar-refractivity contribution in [2.24, 2.45) is 5.92 Å². The third-order valence-electron chi connectivity index (χ3n) is 15.8. The van der Waals surface area contributed by atoms with E-state index in [-0.39, 0.29) is 25.7 Å². The zero-order valence-corrected chi connectivity index (χ0v) is 60.4. The number of esters is 4. The summed E-state index contributed by atoms with van der Waals surface area (Å²) in [7, 11) is -9.92. The van der Waals surface area contributed by atoms with Crippen molar-refractivity contribution in [3.63, 3.8) is 0 Å². The molecule has 0 rings (SSSR count). The molecule has 0 aliphatic rings. The molecule has 0 aromatic rings. The topological polar surface area (TPSA) is 237 Å². The van der Waals surface area contributed by atoms with E-state index >= 15 is 0 Å². The van der Waals surface area contributed by atoms with Crippen molar-refractivity contribution in [2.75, 3.05) is 39.6 Å². The first kappa shape index (κ1) is 89.0. The molecule has 92 heavy (non-hydrogen) atoms. The molecule has 0 saturated heterocycles. The van der Waals surface area contributed by atoms with E-state index in [9.17, 15) is 43.2 Å². The number of rotatable bonds is 69. The molecule has 0 aromatic heterocycles. The van der Waals surface area contributed by atoms with Crippen molar-refractivity contribution in [2.45, 2.75) is 348 Å². The van der Waals surface area contributed by atoms with Crippen LogP contribution in [-0.4, -0.2) is 96.7 Å². The van der Waals surface area contributed by atoms with E-state index in [1.165, 1.54) is 116 Å². The molecule has 17 nitrogen and oxygen atoms in total. The summed E-state index contributed by atoms with van der Waals surface area (Å²) in [6.45, 7) is 7.06. The number of ether oxygens (including phenoxy) is 4. The zero-order valence-electron chi connectivity index (χ0n) is 58.6. The highest BCUT2D eigenvalue weighted by molar-refractivity contribution is 7.47. The highest BCUT2D eigenvalue weighted by Crippen LogP contribution is 2.45. The van der Waals surface area contributed by atoms with Crippen LogP contribution in [-0.2, 0) is 65.4 Å². The van der Waals surface area contributed by atoms with Gasteiger partial charge in [-0.05, 0) is 83.0 Å². The Morgan fingerprint density at radius 3 is 0.891 bits per heavy atom. The Balaban J connectivity index is 5.22. The van der Waals surface area contributed by atoms with Gasteiger partial charge in [0, 0.05) is 25.7 Å². The number of unbranched alkanes of at least 4 members (excludes halogenated alkanes) is 35. The number of aliphatic hydroxyl groups excluding tert-OH is 1. The Hall–Kier alpha value is -2.98. The predicted octanol–water partition coefficient (Wildman–Crippen LogP) is 20.4. The van der Waals surface area contributed by atoms with E-state index in [1.807, 2.05) is 0 Å². The van der Waals surface area contributed by atoms with Gasteiger partial charge in [0.1, 0.15) is 19.3 Å². The Bertz CT molecular complexity index is 1960. The molecule has 0 spiro atoms. The second-order valence-electron chi connectivity index (χ2n) is 25.4. The lowest BCUT2D eigenvalue weighted by Crippen LogP contribution is -2.30. The van der Waals surface area contributed by atoms with Crippen LogP contribution in [0, 0.1) is 5.92 Å². The van der Waals surface area contributed by atoms with Gasteiger partial charge in [-0.25, -0.2) is 9.13 Å². The predicted molar refractivity (Wildman–Crippen MR) is 372 cm³/mol. The number of allylic oxidation sites excluding steroid dienone is 8. The number of hydrogen-bond donors (Lipinski definition) is 3. The molecule has 0 heterocycles. The molecule has 0 aromatic carbocycles. The molecule has 0 aliphatic heterocycles. The molecule has 0 radical (unpaired) electrons. The Kier molecular flexibility index (Phi) is 63.2. The fourth-order valence-electron chi connectivity index (χ4n) is 10.1. The fourth-order valence-corrected chi connectivity index (χ4v) is 11.7. The average molecular weight is 1350 g/mol. The van der Waals surface area contributed by atoms with E-state index in [0.717, 1.165) is 134 Å². The Labute approximate surface area is 559 Å². The van der Waals surface area contributed by atoms with Crippen LogP contribution in [0.5, 0.6) is 0 Å². The fraction of sp³-hybridized carbons (Fsp3) is 0.836. The van der Waals surface area contributed by atoms with Crippen molar-refractivity contribution < 1.29 is 80.2 Å². The van der Waals surface area contributed by atoms with Gasteiger partial charge in [0.25, 0.3) is 0 Å². The van der Waals surface area contributed by atoms with Crippen LogP contribution in [0.25, 0.3) is 0 Å².